The molecule has 0 unspecified atom stereocenters. The fourth-order valence-corrected chi connectivity index (χ4v) is 3.97. The molecule has 3 rings (SSSR count). The number of nitrogens with zero attached hydrogens (tertiary/aromatic N) is 1. The molecule has 0 radical (unpaired) electrons. The van der Waals surface area contributed by atoms with Gasteiger partial charge in [0.05, 0.1) is 13.2 Å². The molecule has 0 saturated carbocycles. The Morgan fingerprint density at radius 2 is 1.80 bits per heavy atom. The lowest BCUT2D eigenvalue weighted by Crippen LogP contribution is -2.62. The summed E-state index contributed by atoms with van der Waals surface area (Å²) >= 11 is 0. The highest BCUT2D eigenvalue weighted by molar-refractivity contribution is 5.88. The fraction of sp³-hybridized carbons (Fsp3) is 0.440. The Bertz CT molecular complexity index is 866. The molecule has 1 atom stereocenters. The second-order valence-electron chi connectivity index (χ2n) is 8.24. The van der Waals surface area contributed by atoms with Crippen LogP contribution >= 0.6 is 0 Å². The third-order valence-electron chi connectivity index (χ3n) is 5.41. The summed E-state index contributed by atoms with van der Waals surface area (Å²) in [5.74, 6) is -0.0757. The van der Waals surface area contributed by atoms with Gasteiger partial charge in [0.2, 0.25) is 5.91 Å². The maximum Gasteiger partial charge on any atom is 0.254 e. The lowest BCUT2D eigenvalue weighted by molar-refractivity contribution is -0.166. The van der Waals surface area contributed by atoms with Crippen LogP contribution in [0.1, 0.15) is 39.2 Å². The van der Waals surface area contributed by atoms with Gasteiger partial charge in [0.15, 0.2) is 5.60 Å². The molecule has 2 aromatic rings. The first-order valence-corrected chi connectivity index (χ1v) is 10.8. The number of rotatable bonds is 7. The first kappa shape index (κ1) is 22.0. The summed E-state index contributed by atoms with van der Waals surface area (Å²) in [5.41, 5.74) is 2.11. The molecule has 0 aromatic heterocycles. The molecule has 1 aliphatic rings. The van der Waals surface area contributed by atoms with Crippen molar-refractivity contribution in [2.45, 2.75) is 51.7 Å². The van der Waals surface area contributed by atoms with Crippen LogP contribution < -0.4 is 5.32 Å². The second kappa shape index (κ2) is 9.90. The number of carbonyl (C=O) groups is 2. The Hall–Kier alpha value is -2.66. The Morgan fingerprint density at radius 1 is 1.10 bits per heavy atom. The first-order chi connectivity index (χ1) is 14.4. The summed E-state index contributed by atoms with van der Waals surface area (Å²) in [6.45, 7) is 7.02. The van der Waals surface area contributed by atoms with Crippen LogP contribution in [0, 0.1) is 0 Å². The van der Waals surface area contributed by atoms with Gasteiger partial charge in [-0.1, -0.05) is 61.5 Å². The van der Waals surface area contributed by atoms with Gasteiger partial charge in [-0.2, -0.15) is 0 Å². The normalized spacial score (nSPS) is 19.0. The predicted molar refractivity (Wildman–Crippen MR) is 119 cm³/mol. The van der Waals surface area contributed by atoms with E-state index in [9.17, 15) is 9.59 Å². The summed E-state index contributed by atoms with van der Waals surface area (Å²) in [7, 11) is 0. The Kier molecular flexibility index (Phi) is 7.27. The van der Waals surface area contributed by atoms with Crippen molar-refractivity contribution in [1.82, 2.24) is 10.2 Å². The van der Waals surface area contributed by atoms with Crippen molar-refractivity contribution < 1.29 is 14.3 Å². The molecule has 5 heteroatoms. The molecule has 30 heavy (non-hydrogen) atoms. The summed E-state index contributed by atoms with van der Waals surface area (Å²) in [6.07, 6.45) is 1.69. The van der Waals surface area contributed by atoms with Gasteiger partial charge in [-0.3, -0.25) is 9.59 Å². The number of hydrogen-bond acceptors (Lipinski definition) is 3. The number of morpholine rings is 1. The Labute approximate surface area is 179 Å². The van der Waals surface area contributed by atoms with Crippen LogP contribution in [0.15, 0.2) is 54.6 Å². The van der Waals surface area contributed by atoms with E-state index in [4.69, 9.17) is 4.74 Å². The molecule has 1 aliphatic heterocycles. The number of amides is 2. The first-order valence-electron chi connectivity index (χ1n) is 10.8. The van der Waals surface area contributed by atoms with Crippen LogP contribution in [0.3, 0.4) is 0 Å². The molecule has 0 spiro atoms. The van der Waals surface area contributed by atoms with Gasteiger partial charge in [-0.25, -0.2) is 0 Å². The number of benzene rings is 2. The molecule has 2 aromatic carbocycles. The standard InChI is InChI=1S/C25H32N2O3/c1-4-10-23(28)27-15-16-30-25(18-27,24(29)26-19(2)3)17-21-13-8-9-14-22(21)20-11-6-5-7-12-20/h5-9,11-14,19H,4,10,15-18H2,1-3H3,(H,26,29)/t25-/m1/s1. The highest BCUT2D eigenvalue weighted by atomic mass is 16.5. The average Bonchev–Trinajstić information content (AvgIpc) is 2.74. The lowest BCUT2D eigenvalue weighted by Gasteiger charge is -2.42. The van der Waals surface area contributed by atoms with Gasteiger partial charge >= 0.3 is 0 Å². The van der Waals surface area contributed by atoms with Crippen LogP contribution in [-0.2, 0) is 20.7 Å². The minimum Gasteiger partial charge on any atom is -0.361 e. The monoisotopic (exact) mass is 408 g/mol. The third-order valence-corrected chi connectivity index (χ3v) is 5.41. The predicted octanol–water partition coefficient (Wildman–Crippen LogP) is 3.82. The van der Waals surface area contributed by atoms with Gasteiger partial charge in [-0.05, 0) is 37.0 Å². The van der Waals surface area contributed by atoms with E-state index in [0.717, 1.165) is 23.1 Å². The van der Waals surface area contributed by atoms with Gasteiger partial charge < -0.3 is 15.0 Å². The SMILES string of the molecule is CCCC(=O)N1CCO[C@@](Cc2ccccc2-c2ccccc2)(C(=O)NC(C)C)C1. The largest absolute Gasteiger partial charge is 0.361 e. The van der Waals surface area contributed by atoms with Crippen molar-refractivity contribution in [3.8, 4) is 11.1 Å². The molecule has 1 heterocycles. The number of carbonyl (C=O) groups excluding carboxylic acids is 2. The van der Waals surface area contributed by atoms with Crippen molar-refractivity contribution in [3.63, 3.8) is 0 Å². The van der Waals surface area contributed by atoms with Gasteiger partial charge in [0, 0.05) is 25.4 Å². The van der Waals surface area contributed by atoms with Crippen LogP contribution in [0.2, 0.25) is 0 Å². The van der Waals surface area contributed by atoms with Gasteiger partial charge in [-0.15, -0.1) is 0 Å². The molecule has 2 amide bonds. The van der Waals surface area contributed by atoms with Gasteiger partial charge in [0.1, 0.15) is 0 Å². The molecular weight excluding hydrogens is 376 g/mol. The zero-order chi connectivity index (χ0) is 21.6. The van der Waals surface area contributed by atoms with E-state index < -0.39 is 5.60 Å². The Balaban J connectivity index is 1.97. The van der Waals surface area contributed by atoms with E-state index in [2.05, 4.69) is 23.5 Å². The average molecular weight is 409 g/mol. The maximum atomic E-state index is 13.3. The zero-order valence-corrected chi connectivity index (χ0v) is 18.2. The minimum atomic E-state index is -1.10. The highest BCUT2D eigenvalue weighted by Crippen LogP contribution is 2.30. The van der Waals surface area contributed by atoms with E-state index in [1.807, 2.05) is 57.2 Å². The molecular formula is C25H32N2O3. The number of ether oxygens (including phenoxy) is 1. The van der Waals surface area contributed by atoms with E-state index in [1.165, 1.54) is 0 Å². The van der Waals surface area contributed by atoms with E-state index >= 15 is 0 Å². The maximum absolute atomic E-state index is 13.3. The second-order valence-corrected chi connectivity index (χ2v) is 8.24. The molecule has 0 aliphatic carbocycles. The van der Waals surface area contributed by atoms with Crippen molar-refractivity contribution >= 4 is 11.8 Å². The van der Waals surface area contributed by atoms with Crippen molar-refractivity contribution in [2.24, 2.45) is 0 Å². The molecule has 5 nitrogen and oxygen atoms in total. The third kappa shape index (κ3) is 5.08. The van der Waals surface area contributed by atoms with Crippen molar-refractivity contribution in [3.05, 3.63) is 60.2 Å². The minimum absolute atomic E-state index is 0.0101. The summed E-state index contributed by atoms with van der Waals surface area (Å²) in [4.78, 5) is 27.7. The lowest BCUT2D eigenvalue weighted by atomic mass is 9.87. The molecule has 0 bridgehead atoms. The fourth-order valence-electron chi connectivity index (χ4n) is 3.97. The molecule has 160 valence electrons. The highest BCUT2D eigenvalue weighted by Gasteiger charge is 2.45. The topological polar surface area (TPSA) is 58.6 Å². The van der Waals surface area contributed by atoms with E-state index in [0.29, 0.717) is 26.0 Å². The van der Waals surface area contributed by atoms with Crippen LogP contribution in [0.4, 0.5) is 0 Å². The number of hydrogen-bond donors (Lipinski definition) is 1. The van der Waals surface area contributed by atoms with E-state index in [1.54, 1.807) is 4.90 Å². The van der Waals surface area contributed by atoms with E-state index in [-0.39, 0.29) is 24.4 Å². The van der Waals surface area contributed by atoms with Gasteiger partial charge in [0.25, 0.3) is 5.91 Å². The Morgan fingerprint density at radius 3 is 2.50 bits per heavy atom. The molecule has 1 saturated heterocycles. The van der Waals surface area contributed by atoms with Crippen molar-refractivity contribution in [1.29, 1.82) is 0 Å². The number of nitrogens with one attached hydrogen (secondary N) is 1. The summed E-state index contributed by atoms with van der Waals surface area (Å²) in [5, 5.41) is 3.02. The molecule has 1 N–H and O–H groups in total. The smallest absolute Gasteiger partial charge is 0.254 e. The zero-order valence-electron chi connectivity index (χ0n) is 18.2. The summed E-state index contributed by atoms with van der Waals surface area (Å²) in [6, 6.07) is 18.2. The van der Waals surface area contributed by atoms with Crippen LogP contribution in [0.25, 0.3) is 11.1 Å². The van der Waals surface area contributed by atoms with Crippen LogP contribution in [-0.4, -0.2) is 48.1 Å². The van der Waals surface area contributed by atoms with Crippen molar-refractivity contribution in [2.75, 3.05) is 19.7 Å². The quantitative estimate of drug-likeness (QED) is 0.758. The summed E-state index contributed by atoms with van der Waals surface area (Å²) < 4.78 is 6.18. The van der Waals surface area contributed by atoms with Crippen LogP contribution in [0.5, 0.6) is 0 Å². The molecule has 1 fully saturated rings.